The van der Waals surface area contributed by atoms with Crippen LogP contribution in [0, 0.1) is 0 Å². The number of aromatic nitrogens is 2. The van der Waals surface area contributed by atoms with Gasteiger partial charge in [0.25, 0.3) is 0 Å². The Morgan fingerprint density at radius 1 is 0.966 bits per heavy atom. The first-order chi connectivity index (χ1) is 14.0. The van der Waals surface area contributed by atoms with E-state index < -0.39 is 11.9 Å². The molecule has 2 aromatic carbocycles. The lowest BCUT2D eigenvalue weighted by Crippen LogP contribution is -2.07. The van der Waals surface area contributed by atoms with Crippen LogP contribution in [-0.2, 0) is 6.18 Å². The van der Waals surface area contributed by atoms with Crippen molar-refractivity contribution in [3.8, 4) is 16.3 Å². The first kappa shape index (κ1) is 19.1. The molecular weight excluding hydrogens is 399 g/mol. The molecule has 0 atom stereocenters. The lowest BCUT2D eigenvalue weighted by molar-refractivity contribution is -0.140. The molecule has 0 spiro atoms. The fourth-order valence-electron chi connectivity index (χ4n) is 2.82. The first-order valence-corrected chi connectivity index (χ1v) is 9.38. The molecule has 0 unspecified atom stereocenters. The summed E-state index contributed by atoms with van der Waals surface area (Å²) in [4.78, 5) is 12.2. The van der Waals surface area contributed by atoms with Crippen LogP contribution in [0.15, 0.2) is 65.7 Å². The van der Waals surface area contributed by atoms with E-state index in [-0.39, 0.29) is 15.7 Å². The Hall–Kier alpha value is -3.26. The van der Waals surface area contributed by atoms with Gasteiger partial charge in [0.2, 0.25) is 5.13 Å². The number of ether oxygens (including phenoxy) is 1. The minimum atomic E-state index is -4.61. The topological polar surface area (TPSA) is 47.4 Å². The molecule has 0 amide bonds. The van der Waals surface area contributed by atoms with Crippen LogP contribution in [0.4, 0.5) is 18.3 Å². The summed E-state index contributed by atoms with van der Waals surface area (Å²) < 4.78 is 46.0. The maximum Gasteiger partial charge on any atom is 0.434 e. The number of hydrogen-bond donors (Lipinski definition) is 0. The standard InChI is InChI=1S/C21H14F3N3OS/c1-28-17-9-5-3-7-14(17)12-25-20-27-19(21(22,23)24)18(29-20)16-11-10-13-6-2-4-8-15(13)26-16/h2-12H,1H3/b25-12+. The Morgan fingerprint density at radius 2 is 1.72 bits per heavy atom. The second kappa shape index (κ2) is 7.63. The highest BCUT2D eigenvalue weighted by atomic mass is 32.1. The fraction of sp³-hybridized carbons (Fsp3) is 0.0952. The van der Waals surface area contributed by atoms with Crippen LogP contribution in [0.25, 0.3) is 21.5 Å². The Bertz CT molecular complexity index is 1200. The zero-order valence-electron chi connectivity index (χ0n) is 15.1. The third kappa shape index (κ3) is 3.97. The number of thiazole rings is 1. The van der Waals surface area contributed by atoms with Crippen LogP contribution in [0.1, 0.15) is 11.3 Å². The molecule has 0 saturated carbocycles. The molecule has 4 aromatic rings. The van der Waals surface area contributed by atoms with Crippen LogP contribution in [0.5, 0.6) is 5.75 Å². The van der Waals surface area contributed by atoms with E-state index in [0.717, 1.165) is 16.7 Å². The molecule has 4 rings (SSSR count). The van der Waals surface area contributed by atoms with Gasteiger partial charge in [0, 0.05) is 17.2 Å². The smallest absolute Gasteiger partial charge is 0.434 e. The second-order valence-electron chi connectivity index (χ2n) is 6.06. The van der Waals surface area contributed by atoms with Crippen molar-refractivity contribution in [3.63, 3.8) is 0 Å². The van der Waals surface area contributed by atoms with Crippen LogP contribution in [0.2, 0.25) is 0 Å². The van der Waals surface area contributed by atoms with Gasteiger partial charge >= 0.3 is 6.18 Å². The summed E-state index contributed by atoms with van der Waals surface area (Å²) in [6.45, 7) is 0. The van der Waals surface area contributed by atoms with E-state index in [4.69, 9.17) is 4.74 Å². The molecule has 0 aliphatic carbocycles. The van der Waals surface area contributed by atoms with Crippen molar-refractivity contribution in [2.75, 3.05) is 7.11 Å². The maximum absolute atomic E-state index is 13.6. The van der Waals surface area contributed by atoms with Crippen molar-refractivity contribution < 1.29 is 17.9 Å². The summed E-state index contributed by atoms with van der Waals surface area (Å²) in [6.07, 6.45) is -3.17. The molecule has 0 aliphatic rings. The average molecular weight is 413 g/mol. The van der Waals surface area contributed by atoms with Crippen molar-refractivity contribution in [2.24, 2.45) is 4.99 Å². The number of hydrogen-bond acceptors (Lipinski definition) is 5. The summed E-state index contributed by atoms with van der Waals surface area (Å²) in [6, 6.07) is 17.7. The number of benzene rings is 2. The average Bonchev–Trinajstić information content (AvgIpc) is 3.17. The molecule has 8 heteroatoms. The third-order valence-corrected chi connectivity index (χ3v) is 5.15. The number of fused-ring (bicyclic) bond motifs is 1. The van der Waals surface area contributed by atoms with Crippen molar-refractivity contribution in [1.29, 1.82) is 0 Å². The number of halogens is 3. The van der Waals surface area contributed by atoms with E-state index in [1.54, 1.807) is 48.5 Å². The summed E-state index contributed by atoms with van der Waals surface area (Å²) in [5, 5.41) is 0.844. The van der Waals surface area contributed by atoms with Gasteiger partial charge in [-0.05, 0) is 24.3 Å². The lowest BCUT2D eigenvalue weighted by Gasteiger charge is -2.06. The second-order valence-corrected chi connectivity index (χ2v) is 7.04. The number of aliphatic imine (C=N–C) groups is 1. The van der Waals surface area contributed by atoms with Gasteiger partial charge in [-0.2, -0.15) is 13.2 Å². The van der Waals surface area contributed by atoms with Gasteiger partial charge in [-0.1, -0.05) is 47.7 Å². The van der Waals surface area contributed by atoms with Crippen molar-refractivity contribution in [3.05, 3.63) is 71.9 Å². The van der Waals surface area contributed by atoms with Gasteiger partial charge < -0.3 is 4.74 Å². The normalized spacial score (nSPS) is 12.0. The molecule has 146 valence electrons. The van der Waals surface area contributed by atoms with Crippen molar-refractivity contribution in [2.45, 2.75) is 6.18 Å². The van der Waals surface area contributed by atoms with E-state index >= 15 is 0 Å². The van der Waals surface area contributed by atoms with E-state index in [2.05, 4.69) is 15.0 Å². The SMILES string of the molecule is COc1ccccc1/C=N/c1nc(C(F)(F)F)c(-c2ccc3ccccc3n2)s1. The molecule has 2 aromatic heterocycles. The zero-order chi connectivity index (χ0) is 20.4. The number of nitrogens with zero attached hydrogens (tertiary/aromatic N) is 3. The Kier molecular flexibility index (Phi) is 5.02. The highest BCUT2D eigenvalue weighted by Crippen LogP contribution is 2.42. The minimum absolute atomic E-state index is 0.00631. The van der Waals surface area contributed by atoms with Crippen LogP contribution < -0.4 is 4.74 Å². The largest absolute Gasteiger partial charge is 0.496 e. The number of rotatable bonds is 4. The molecule has 29 heavy (non-hydrogen) atoms. The van der Waals surface area contributed by atoms with Gasteiger partial charge in [-0.15, -0.1) is 0 Å². The van der Waals surface area contributed by atoms with Gasteiger partial charge in [-0.25, -0.2) is 15.0 Å². The highest BCUT2D eigenvalue weighted by molar-refractivity contribution is 7.18. The summed E-state index contributed by atoms with van der Waals surface area (Å²) in [7, 11) is 1.52. The van der Waals surface area contributed by atoms with Gasteiger partial charge in [-0.3, -0.25) is 0 Å². The fourth-order valence-corrected chi connectivity index (χ4v) is 3.72. The lowest BCUT2D eigenvalue weighted by atomic mass is 10.2. The van der Waals surface area contributed by atoms with E-state index in [1.165, 1.54) is 13.3 Å². The molecule has 0 bridgehead atoms. The Morgan fingerprint density at radius 3 is 2.52 bits per heavy atom. The Balaban J connectivity index is 1.78. The first-order valence-electron chi connectivity index (χ1n) is 8.57. The molecule has 4 nitrogen and oxygen atoms in total. The highest BCUT2D eigenvalue weighted by Gasteiger charge is 2.38. The molecule has 0 radical (unpaired) electrons. The molecule has 0 aliphatic heterocycles. The van der Waals surface area contributed by atoms with E-state index in [9.17, 15) is 13.2 Å². The molecular formula is C21H14F3N3OS. The van der Waals surface area contributed by atoms with Gasteiger partial charge in [0.05, 0.1) is 23.2 Å². The molecule has 0 saturated heterocycles. The van der Waals surface area contributed by atoms with E-state index in [0.29, 0.717) is 16.8 Å². The maximum atomic E-state index is 13.6. The summed E-state index contributed by atoms with van der Waals surface area (Å²) in [5.41, 5.74) is 0.486. The number of methoxy groups -OCH3 is 1. The van der Waals surface area contributed by atoms with Crippen LogP contribution in [-0.4, -0.2) is 23.3 Å². The number of para-hydroxylation sites is 2. The monoisotopic (exact) mass is 413 g/mol. The van der Waals surface area contributed by atoms with Crippen molar-refractivity contribution >= 4 is 33.6 Å². The van der Waals surface area contributed by atoms with E-state index in [1.807, 2.05) is 12.1 Å². The zero-order valence-corrected chi connectivity index (χ0v) is 16.0. The predicted octanol–water partition coefficient (Wildman–Crippen LogP) is 6.14. The predicted molar refractivity (Wildman–Crippen MR) is 108 cm³/mol. The van der Waals surface area contributed by atoms with Crippen molar-refractivity contribution in [1.82, 2.24) is 9.97 Å². The quantitative estimate of drug-likeness (QED) is 0.378. The van der Waals surface area contributed by atoms with Gasteiger partial charge in [0.15, 0.2) is 5.69 Å². The third-order valence-electron chi connectivity index (χ3n) is 4.17. The van der Waals surface area contributed by atoms with Crippen LogP contribution >= 0.6 is 11.3 Å². The summed E-state index contributed by atoms with van der Waals surface area (Å²) >= 11 is 0.848. The Labute approximate surface area is 168 Å². The number of pyridine rings is 1. The van der Waals surface area contributed by atoms with Gasteiger partial charge in [0.1, 0.15) is 5.75 Å². The molecule has 0 N–H and O–H groups in total. The minimum Gasteiger partial charge on any atom is -0.496 e. The molecule has 2 heterocycles. The van der Waals surface area contributed by atoms with Crippen LogP contribution in [0.3, 0.4) is 0 Å². The molecule has 0 fully saturated rings. The number of alkyl halides is 3. The summed E-state index contributed by atoms with van der Waals surface area (Å²) in [5.74, 6) is 0.570.